The quantitative estimate of drug-likeness (QED) is 0.735. The van der Waals surface area contributed by atoms with Gasteiger partial charge < -0.3 is 9.64 Å². The molecule has 1 unspecified atom stereocenters. The fourth-order valence-electron chi connectivity index (χ4n) is 3.19. The van der Waals surface area contributed by atoms with E-state index in [2.05, 4.69) is 0 Å². The molecule has 1 fully saturated rings. The van der Waals surface area contributed by atoms with Crippen LogP contribution in [0.1, 0.15) is 29.6 Å². The maximum Gasteiger partial charge on any atom is 0.224 e. The first kappa shape index (κ1) is 18.2. The minimum absolute atomic E-state index is 0.0349. The Morgan fingerprint density at radius 3 is 2.65 bits per heavy atom. The molecular formula is C20H20FNO4. The summed E-state index contributed by atoms with van der Waals surface area (Å²) in [6.45, 7) is 0.492. The standard InChI is InChI=1S/C20H20FNO4/c21-15-10-8-14(9-11-15)18(23)6-3-7-20(25)22-13-26-12-17(22)16-4-1-2-5-19(16)24/h1-2,4-5,8-11,16-17H,3,6-7,12-13H2/t16?,17-/m1/s1. The molecule has 26 heavy (non-hydrogen) atoms. The Hall–Kier alpha value is -2.60. The molecule has 6 heteroatoms. The number of benzene rings is 1. The topological polar surface area (TPSA) is 63.7 Å². The summed E-state index contributed by atoms with van der Waals surface area (Å²) in [6.07, 6.45) is 7.59. The summed E-state index contributed by atoms with van der Waals surface area (Å²) in [4.78, 5) is 38.2. The van der Waals surface area contributed by atoms with Crippen molar-refractivity contribution in [3.63, 3.8) is 0 Å². The number of hydrogen-bond donors (Lipinski definition) is 0. The third-order valence-corrected chi connectivity index (χ3v) is 4.63. The summed E-state index contributed by atoms with van der Waals surface area (Å²) in [5.74, 6) is -1.06. The van der Waals surface area contributed by atoms with Crippen LogP contribution in [0.25, 0.3) is 0 Å². The van der Waals surface area contributed by atoms with Gasteiger partial charge in [-0.2, -0.15) is 0 Å². The van der Waals surface area contributed by atoms with Crippen LogP contribution in [0.5, 0.6) is 0 Å². The third-order valence-electron chi connectivity index (χ3n) is 4.63. The molecule has 0 spiro atoms. The van der Waals surface area contributed by atoms with Crippen LogP contribution in [0.3, 0.4) is 0 Å². The van der Waals surface area contributed by atoms with Gasteiger partial charge in [0.05, 0.1) is 18.6 Å². The lowest BCUT2D eigenvalue weighted by atomic mass is 9.91. The van der Waals surface area contributed by atoms with Crippen LogP contribution in [0.2, 0.25) is 0 Å². The van der Waals surface area contributed by atoms with Crippen molar-refractivity contribution in [2.24, 2.45) is 5.92 Å². The van der Waals surface area contributed by atoms with Crippen LogP contribution in [0.15, 0.2) is 48.6 Å². The van der Waals surface area contributed by atoms with Crippen molar-refractivity contribution in [3.05, 3.63) is 60.0 Å². The van der Waals surface area contributed by atoms with Crippen LogP contribution in [0.4, 0.5) is 4.39 Å². The van der Waals surface area contributed by atoms with Gasteiger partial charge in [0.1, 0.15) is 12.5 Å². The number of ketones is 2. The monoisotopic (exact) mass is 357 g/mol. The minimum atomic E-state index is -0.391. The second-order valence-corrected chi connectivity index (χ2v) is 6.39. The number of rotatable bonds is 6. The highest BCUT2D eigenvalue weighted by Gasteiger charge is 2.37. The van der Waals surface area contributed by atoms with E-state index >= 15 is 0 Å². The molecule has 0 saturated carbocycles. The number of nitrogens with zero attached hydrogens (tertiary/aromatic N) is 1. The van der Waals surface area contributed by atoms with Gasteiger partial charge in [0.25, 0.3) is 0 Å². The molecule has 0 radical (unpaired) electrons. The molecule has 136 valence electrons. The Morgan fingerprint density at radius 2 is 1.92 bits per heavy atom. The molecule has 1 amide bonds. The largest absolute Gasteiger partial charge is 0.359 e. The Balaban J connectivity index is 1.52. The number of ether oxygens (including phenoxy) is 1. The van der Waals surface area contributed by atoms with Crippen LogP contribution in [-0.4, -0.2) is 41.8 Å². The van der Waals surface area contributed by atoms with Crippen molar-refractivity contribution in [3.8, 4) is 0 Å². The van der Waals surface area contributed by atoms with Crippen LogP contribution in [-0.2, 0) is 14.3 Å². The highest BCUT2D eigenvalue weighted by Crippen LogP contribution is 2.24. The molecule has 0 aromatic heterocycles. The van der Waals surface area contributed by atoms with Crippen LogP contribution >= 0.6 is 0 Å². The molecule has 1 saturated heterocycles. The summed E-state index contributed by atoms with van der Waals surface area (Å²) in [5, 5.41) is 0. The first-order valence-electron chi connectivity index (χ1n) is 8.61. The van der Waals surface area contributed by atoms with Crippen molar-refractivity contribution in [2.45, 2.75) is 25.3 Å². The summed E-state index contributed by atoms with van der Waals surface area (Å²) in [5.41, 5.74) is 0.436. The number of hydrogen-bond acceptors (Lipinski definition) is 4. The molecule has 2 aliphatic rings. The van der Waals surface area contributed by atoms with Crippen molar-refractivity contribution >= 4 is 17.5 Å². The van der Waals surface area contributed by atoms with E-state index in [0.29, 0.717) is 18.6 Å². The van der Waals surface area contributed by atoms with E-state index in [4.69, 9.17) is 4.74 Å². The van der Waals surface area contributed by atoms with Gasteiger partial charge >= 0.3 is 0 Å². The zero-order valence-electron chi connectivity index (χ0n) is 14.3. The molecular weight excluding hydrogens is 337 g/mol. The number of carbonyl (C=O) groups is 3. The molecule has 0 bridgehead atoms. The lowest BCUT2D eigenvalue weighted by molar-refractivity contribution is -0.134. The first-order valence-corrected chi connectivity index (χ1v) is 8.61. The minimum Gasteiger partial charge on any atom is -0.359 e. The van der Waals surface area contributed by atoms with E-state index in [0.717, 1.165) is 0 Å². The lowest BCUT2D eigenvalue weighted by Crippen LogP contribution is -2.43. The van der Waals surface area contributed by atoms with Crippen molar-refractivity contribution in [1.82, 2.24) is 4.90 Å². The average molecular weight is 357 g/mol. The first-order chi connectivity index (χ1) is 12.6. The molecule has 5 nitrogen and oxygen atoms in total. The van der Waals surface area contributed by atoms with Gasteiger partial charge in [0.15, 0.2) is 11.6 Å². The number of Topliss-reactive ketones (excluding diaryl/α,β-unsaturated/α-hetero) is 1. The van der Waals surface area contributed by atoms with Gasteiger partial charge in [-0.1, -0.05) is 18.2 Å². The zero-order valence-corrected chi connectivity index (χ0v) is 14.3. The molecule has 3 rings (SSSR count). The van der Waals surface area contributed by atoms with Gasteiger partial charge in [0.2, 0.25) is 5.91 Å². The fraction of sp³-hybridized carbons (Fsp3) is 0.350. The summed E-state index contributed by atoms with van der Waals surface area (Å²) in [7, 11) is 0. The van der Waals surface area contributed by atoms with Crippen molar-refractivity contribution < 1.29 is 23.5 Å². The van der Waals surface area contributed by atoms with E-state index < -0.39 is 5.82 Å². The second kappa shape index (κ2) is 8.19. The average Bonchev–Trinajstić information content (AvgIpc) is 3.12. The summed E-state index contributed by atoms with van der Waals surface area (Å²) >= 11 is 0. The molecule has 1 aliphatic carbocycles. The maximum atomic E-state index is 12.9. The Morgan fingerprint density at radius 1 is 1.15 bits per heavy atom. The van der Waals surface area contributed by atoms with Gasteiger partial charge in [-0.3, -0.25) is 14.4 Å². The van der Waals surface area contributed by atoms with Gasteiger partial charge in [0, 0.05) is 18.4 Å². The maximum absolute atomic E-state index is 12.9. The van der Waals surface area contributed by atoms with Crippen LogP contribution in [0, 0.1) is 11.7 Å². The van der Waals surface area contributed by atoms with E-state index in [1.807, 2.05) is 0 Å². The van der Waals surface area contributed by atoms with E-state index in [1.54, 1.807) is 23.1 Å². The molecule has 1 aromatic rings. The third kappa shape index (κ3) is 4.14. The zero-order chi connectivity index (χ0) is 18.5. The van der Waals surface area contributed by atoms with E-state index in [1.165, 1.54) is 30.3 Å². The predicted octanol–water partition coefficient (Wildman–Crippen LogP) is 2.67. The lowest BCUT2D eigenvalue weighted by Gasteiger charge is -2.27. The van der Waals surface area contributed by atoms with Gasteiger partial charge in [-0.05, 0) is 36.8 Å². The molecule has 2 atom stereocenters. The highest BCUT2D eigenvalue weighted by atomic mass is 19.1. The fourth-order valence-corrected chi connectivity index (χ4v) is 3.19. The molecule has 1 aromatic carbocycles. The van der Waals surface area contributed by atoms with E-state index in [9.17, 15) is 18.8 Å². The highest BCUT2D eigenvalue weighted by molar-refractivity contribution is 5.96. The number of carbonyl (C=O) groups excluding carboxylic acids is 3. The SMILES string of the molecule is O=C(CCCC(=O)N1COC[C@@H]1C1C=CC=CC1=O)c1ccc(F)cc1. The predicted molar refractivity (Wildman–Crippen MR) is 92.8 cm³/mol. The van der Waals surface area contributed by atoms with Crippen molar-refractivity contribution in [1.29, 1.82) is 0 Å². The molecule has 1 aliphatic heterocycles. The number of allylic oxidation sites excluding steroid dienone is 3. The summed E-state index contributed by atoms with van der Waals surface area (Å²) < 4.78 is 18.3. The molecule has 0 N–H and O–H groups in total. The second-order valence-electron chi connectivity index (χ2n) is 6.39. The molecule has 1 heterocycles. The van der Waals surface area contributed by atoms with Gasteiger partial charge in [-0.25, -0.2) is 4.39 Å². The van der Waals surface area contributed by atoms with E-state index in [-0.39, 0.29) is 49.0 Å². The Bertz CT molecular complexity index is 754. The smallest absolute Gasteiger partial charge is 0.224 e. The Kier molecular flexibility index (Phi) is 5.73. The normalized spacial score (nSPS) is 22.0. The van der Waals surface area contributed by atoms with Crippen LogP contribution < -0.4 is 0 Å². The van der Waals surface area contributed by atoms with Crippen molar-refractivity contribution in [2.75, 3.05) is 13.3 Å². The number of amides is 1. The van der Waals surface area contributed by atoms with Gasteiger partial charge in [-0.15, -0.1) is 0 Å². The Labute approximate surface area is 151 Å². The number of halogens is 1. The summed E-state index contributed by atoms with van der Waals surface area (Å²) in [6, 6.07) is 5.07.